The van der Waals surface area contributed by atoms with Crippen molar-refractivity contribution in [3.63, 3.8) is 0 Å². The maximum atomic E-state index is 16.1. The summed E-state index contributed by atoms with van der Waals surface area (Å²) >= 11 is 0. The van der Waals surface area contributed by atoms with E-state index in [4.69, 9.17) is 4.74 Å². The number of ether oxygens (including phenoxy) is 1. The number of hydrogen-bond donors (Lipinski definition) is 1. The second-order valence-corrected chi connectivity index (χ2v) is 10.0. The molecule has 1 aliphatic carbocycles. The number of phenolic OH excluding ortho intramolecular Hbond substituents is 1. The maximum Gasteiger partial charge on any atom is 0.319 e. The Morgan fingerprint density at radius 3 is 2.58 bits per heavy atom. The Kier molecular flexibility index (Phi) is 5.39. The first-order chi connectivity index (χ1) is 17.2. The van der Waals surface area contributed by atoms with Crippen molar-refractivity contribution >= 4 is 27.5 Å². The molecule has 0 spiro atoms. The molecule has 6 rings (SSSR count). The quantitative estimate of drug-likeness (QED) is 0.369. The average molecular weight is 495 g/mol. The molecule has 2 unspecified atom stereocenters. The van der Waals surface area contributed by atoms with Crippen molar-refractivity contribution in [2.75, 3.05) is 24.6 Å². The number of fused-ring (bicyclic) bond motifs is 4. The fourth-order valence-electron chi connectivity index (χ4n) is 5.58. The molecule has 2 aliphatic rings. The van der Waals surface area contributed by atoms with Gasteiger partial charge < -0.3 is 14.7 Å². The molecular formula is C27H25F3N4O2. The zero-order valence-electron chi connectivity index (χ0n) is 19.7. The van der Waals surface area contributed by atoms with Crippen LogP contribution >= 0.6 is 0 Å². The Morgan fingerprint density at radius 2 is 1.83 bits per heavy atom. The first-order valence-corrected chi connectivity index (χ1v) is 12.1. The molecule has 2 aromatic carbocycles. The van der Waals surface area contributed by atoms with E-state index < -0.39 is 18.3 Å². The summed E-state index contributed by atoms with van der Waals surface area (Å²) in [4.78, 5) is 15.2. The zero-order chi connectivity index (χ0) is 25.0. The molecule has 1 aliphatic heterocycles. The molecule has 0 amide bonds. The number of nitrogens with zero attached hydrogens (tertiary/aromatic N) is 4. The summed E-state index contributed by atoms with van der Waals surface area (Å²) in [5, 5.41) is 12.1. The number of aromatic hydroxyl groups is 1. The number of anilines is 1. The normalized spacial score (nSPS) is 19.8. The summed E-state index contributed by atoms with van der Waals surface area (Å²) in [5.41, 5.74) is 0.359. The van der Waals surface area contributed by atoms with Gasteiger partial charge in [0.1, 0.15) is 22.8 Å². The highest BCUT2D eigenvalue weighted by molar-refractivity contribution is 5.99. The summed E-state index contributed by atoms with van der Waals surface area (Å²) in [7, 11) is 0. The van der Waals surface area contributed by atoms with Crippen LogP contribution in [0.4, 0.5) is 19.0 Å². The minimum absolute atomic E-state index is 0.00438. The van der Waals surface area contributed by atoms with E-state index in [-0.39, 0.29) is 23.0 Å². The number of alkyl halides is 2. The molecule has 2 aromatic heterocycles. The second kappa shape index (κ2) is 8.50. The van der Waals surface area contributed by atoms with Crippen molar-refractivity contribution in [1.82, 2.24) is 15.0 Å². The number of aromatic nitrogens is 3. The Morgan fingerprint density at radius 1 is 1.08 bits per heavy atom. The molecule has 0 radical (unpaired) electrons. The number of piperidine rings is 1. The van der Waals surface area contributed by atoms with Gasteiger partial charge in [-0.3, -0.25) is 4.98 Å². The Balaban J connectivity index is 1.53. The third kappa shape index (κ3) is 4.16. The van der Waals surface area contributed by atoms with Gasteiger partial charge >= 0.3 is 6.01 Å². The number of rotatable bonds is 5. The third-order valence-corrected chi connectivity index (χ3v) is 7.11. The zero-order valence-corrected chi connectivity index (χ0v) is 19.7. The van der Waals surface area contributed by atoms with Crippen molar-refractivity contribution in [2.45, 2.75) is 32.1 Å². The standard InChI is InChI=1S/C27H25F3N4O2/c1-27(29,30)14-36-26-32-24-21(25(33-26)34-12-15-6-7-16(8-15)13-34)11-31-23(22(24)28)20-10-18(35)9-17-4-2-3-5-19(17)20/h2-5,9-11,15-16,35H,6-8,12-14H2,1H3. The molecule has 1 N–H and O–H groups in total. The highest BCUT2D eigenvalue weighted by Gasteiger charge is 2.35. The largest absolute Gasteiger partial charge is 0.508 e. The van der Waals surface area contributed by atoms with E-state index in [1.807, 2.05) is 24.3 Å². The van der Waals surface area contributed by atoms with Crippen LogP contribution in [0.25, 0.3) is 32.9 Å². The molecule has 186 valence electrons. The summed E-state index contributed by atoms with van der Waals surface area (Å²) in [6.07, 6.45) is 4.96. The molecule has 6 nitrogen and oxygen atoms in total. The fraction of sp³-hybridized carbons (Fsp3) is 0.370. The van der Waals surface area contributed by atoms with Gasteiger partial charge in [-0.25, -0.2) is 13.2 Å². The SMILES string of the molecule is CC(F)(F)COc1nc(N2CC3CCC(C3)C2)c2cnc(-c3cc(O)cc4ccccc34)c(F)c2n1. The molecule has 4 aromatic rings. The van der Waals surface area contributed by atoms with Crippen molar-refractivity contribution in [1.29, 1.82) is 0 Å². The van der Waals surface area contributed by atoms with Gasteiger partial charge in [0.25, 0.3) is 5.92 Å². The lowest BCUT2D eigenvalue weighted by Crippen LogP contribution is -2.37. The molecule has 1 saturated carbocycles. The van der Waals surface area contributed by atoms with Crippen LogP contribution in [-0.2, 0) is 0 Å². The van der Waals surface area contributed by atoms with E-state index in [9.17, 15) is 13.9 Å². The molecular weight excluding hydrogens is 469 g/mol. The van der Waals surface area contributed by atoms with Crippen LogP contribution in [0.1, 0.15) is 26.2 Å². The topological polar surface area (TPSA) is 71.4 Å². The lowest BCUT2D eigenvalue weighted by atomic mass is 9.98. The summed E-state index contributed by atoms with van der Waals surface area (Å²) in [6.45, 7) is 1.34. The summed E-state index contributed by atoms with van der Waals surface area (Å²) in [6, 6.07) is 10.0. The van der Waals surface area contributed by atoms with Gasteiger partial charge in [0.2, 0.25) is 0 Å². The monoisotopic (exact) mass is 494 g/mol. The maximum absolute atomic E-state index is 16.1. The van der Waals surface area contributed by atoms with Gasteiger partial charge in [-0.1, -0.05) is 24.3 Å². The smallest absolute Gasteiger partial charge is 0.319 e. The minimum Gasteiger partial charge on any atom is -0.508 e. The van der Waals surface area contributed by atoms with Gasteiger partial charge in [0, 0.05) is 31.8 Å². The van der Waals surface area contributed by atoms with E-state index in [0.717, 1.165) is 44.7 Å². The molecule has 2 fully saturated rings. The van der Waals surface area contributed by atoms with E-state index in [1.165, 1.54) is 12.3 Å². The summed E-state index contributed by atoms with van der Waals surface area (Å²) in [5.74, 6) is -2.34. The lowest BCUT2D eigenvalue weighted by molar-refractivity contribution is -0.0255. The van der Waals surface area contributed by atoms with E-state index in [1.54, 1.807) is 6.07 Å². The van der Waals surface area contributed by atoms with Crippen LogP contribution in [0, 0.1) is 17.7 Å². The Labute approximate surface area is 205 Å². The third-order valence-electron chi connectivity index (χ3n) is 7.11. The Hall–Kier alpha value is -3.62. The average Bonchev–Trinajstić information content (AvgIpc) is 3.19. The number of benzene rings is 2. The van der Waals surface area contributed by atoms with Crippen molar-refractivity contribution in [3.05, 3.63) is 48.4 Å². The van der Waals surface area contributed by atoms with Gasteiger partial charge in [0.05, 0.1) is 5.39 Å². The van der Waals surface area contributed by atoms with Crippen LogP contribution in [-0.4, -0.2) is 45.7 Å². The van der Waals surface area contributed by atoms with Gasteiger partial charge in [-0.05, 0) is 54.0 Å². The highest BCUT2D eigenvalue weighted by Crippen LogP contribution is 2.41. The molecule has 36 heavy (non-hydrogen) atoms. The highest BCUT2D eigenvalue weighted by atomic mass is 19.3. The van der Waals surface area contributed by atoms with Crippen LogP contribution < -0.4 is 9.64 Å². The molecule has 9 heteroatoms. The predicted molar refractivity (Wildman–Crippen MR) is 131 cm³/mol. The molecule has 3 heterocycles. The first kappa shape index (κ1) is 22.8. The number of phenols is 1. The fourth-order valence-corrected chi connectivity index (χ4v) is 5.58. The van der Waals surface area contributed by atoms with Crippen LogP contribution in [0.3, 0.4) is 0 Å². The summed E-state index contributed by atoms with van der Waals surface area (Å²) < 4.78 is 48.4. The number of hydrogen-bond acceptors (Lipinski definition) is 6. The molecule has 2 bridgehead atoms. The lowest BCUT2D eigenvalue weighted by Gasteiger charge is -2.33. The van der Waals surface area contributed by atoms with Crippen molar-refractivity contribution in [3.8, 4) is 23.0 Å². The molecule has 2 atom stereocenters. The number of pyridine rings is 1. The Bertz CT molecular complexity index is 1460. The second-order valence-electron chi connectivity index (χ2n) is 10.0. The van der Waals surface area contributed by atoms with Crippen molar-refractivity contribution in [2.24, 2.45) is 11.8 Å². The van der Waals surface area contributed by atoms with E-state index in [2.05, 4.69) is 19.9 Å². The van der Waals surface area contributed by atoms with E-state index in [0.29, 0.717) is 34.0 Å². The van der Waals surface area contributed by atoms with Crippen LogP contribution in [0.5, 0.6) is 11.8 Å². The minimum atomic E-state index is -3.09. The first-order valence-electron chi connectivity index (χ1n) is 12.1. The number of halogens is 3. The van der Waals surface area contributed by atoms with Gasteiger partial charge in [-0.2, -0.15) is 9.97 Å². The van der Waals surface area contributed by atoms with Gasteiger partial charge in [0.15, 0.2) is 12.4 Å². The van der Waals surface area contributed by atoms with E-state index >= 15 is 4.39 Å². The predicted octanol–water partition coefficient (Wildman–Crippen LogP) is 5.96. The van der Waals surface area contributed by atoms with Crippen molar-refractivity contribution < 1.29 is 23.0 Å². The van der Waals surface area contributed by atoms with Crippen LogP contribution in [0.2, 0.25) is 0 Å². The molecule has 1 saturated heterocycles. The van der Waals surface area contributed by atoms with Gasteiger partial charge in [-0.15, -0.1) is 0 Å². The van der Waals surface area contributed by atoms with Crippen LogP contribution in [0.15, 0.2) is 42.6 Å².